The van der Waals surface area contributed by atoms with Crippen molar-refractivity contribution in [1.82, 2.24) is 14.8 Å². The summed E-state index contributed by atoms with van der Waals surface area (Å²) in [7, 11) is 1.86. The summed E-state index contributed by atoms with van der Waals surface area (Å²) in [6.07, 6.45) is 4.32. The number of carbonyl (C=O) groups excluding carboxylic acids is 1. The number of aromatic nitrogens is 1. The van der Waals surface area contributed by atoms with E-state index in [2.05, 4.69) is 9.88 Å². The molecule has 1 aromatic heterocycles. The van der Waals surface area contributed by atoms with E-state index >= 15 is 0 Å². The quantitative estimate of drug-likeness (QED) is 0.807. The van der Waals surface area contributed by atoms with Gasteiger partial charge in [-0.1, -0.05) is 36.8 Å². The monoisotopic (exact) mass is 343 g/mol. The lowest BCUT2D eigenvalue weighted by Crippen LogP contribution is -2.29. The van der Waals surface area contributed by atoms with Crippen LogP contribution in [-0.2, 0) is 24.3 Å². The molecule has 0 spiro atoms. The molecular formula is C19H25N3OS. The minimum Gasteiger partial charge on any atom is -0.341 e. The largest absolute Gasteiger partial charge is 0.341 e. The predicted molar refractivity (Wildman–Crippen MR) is 97.9 cm³/mol. The number of carbonyl (C=O) groups is 1. The van der Waals surface area contributed by atoms with Crippen LogP contribution in [0.1, 0.15) is 35.5 Å². The average Bonchev–Trinajstić information content (AvgIpc) is 3.03. The van der Waals surface area contributed by atoms with Crippen LogP contribution in [-0.4, -0.2) is 40.8 Å². The zero-order chi connectivity index (χ0) is 16.8. The number of rotatable bonds is 6. The number of nitrogens with zero attached hydrogens (tertiary/aromatic N) is 3. The number of hydrogen-bond donors (Lipinski definition) is 0. The van der Waals surface area contributed by atoms with Gasteiger partial charge in [-0.3, -0.25) is 9.69 Å². The molecule has 1 amide bonds. The smallest absolute Gasteiger partial charge is 0.228 e. The molecule has 0 radical (unpaired) electrons. The van der Waals surface area contributed by atoms with Crippen LogP contribution in [0.15, 0.2) is 35.7 Å². The lowest BCUT2D eigenvalue weighted by atomic mass is 10.1. The van der Waals surface area contributed by atoms with Crippen molar-refractivity contribution >= 4 is 17.2 Å². The molecule has 0 aliphatic carbocycles. The minimum absolute atomic E-state index is 0.119. The van der Waals surface area contributed by atoms with Crippen LogP contribution in [0.4, 0.5) is 0 Å². The zero-order valence-electron chi connectivity index (χ0n) is 14.3. The molecule has 1 fully saturated rings. The fourth-order valence-electron chi connectivity index (χ4n) is 3.05. The molecule has 0 saturated carbocycles. The second-order valence-electron chi connectivity index (χ2n) is 6.48. The second kappa shape index (κ2) is 8.40. The van der Waals surface area contributed by atoms with E-state index in [1.54, 1.807) is 16.2 Å². The van der Waals surface area contributed by atoms with E-state index in [1.807, 2.05) is 42.8 Å². The number of likely N-dealkylation sites (N-methyl/N-ethyl adjacent to an activating group) is 1. The number of likely N-dealkylation sites (tertiary alicyclic amines) is 1. The SMILES string of the molecule is CN(Cc1ccccc1)C(=O)Cc1csc(CN2CCCCC2)n1. The molecule has 0 atom stereocenters. The fourth-order valence-corrected chi connectivity index (χ4v) is 3.88. The third-order valence-corrected chi connectivity index (χ3v) is 5.31. The molecule has 0 bridgehead atoms. The zero-order valence-corrected chi connectivity index (χ0v) is 15.1. The van der Waals surface area contributed by atoms with Crippen molar-refractivity contribution in [3.05, 3.63) is 52.0 Å². The van der Waals surface area contributed by atoms with E-state index < -0.39 is 0 Å². The van der Waals surface area contributed by atoms with E-state index in [0.29, 0.717) is 13.0 Å². The molecule has 2 heterocycles. The Morgan fingerprint density at radius 3 is 2.71 bits per heavy atom. The summed E-state index contributed by atoms with van der Waals surface area (Å²) < 4.78 is 0. The third kappa shape index (κ3) is 4.89. The van der Waals surface area contributed by atoms with E-state index in [9.17, 15) is 4.79 Å². The highest BCUT2D eigenvalue weighted by Gasteiger charge is 2.15. The van der Waals surface area contributed by atoms with Crippen LogP contribution < -0.4 is 0 Å². The summed E-state index contributed by atoms with van der Waals surface area (Å²) in [5.74, 6) is 0.119. The highest BCUT2D eigenvalue weighted by atomic mass is 32.1. The summed E-state index contributed by atoms with van der Waals surface area (Å²) in [5.41, 5.74) is 2.05. The first-order chi connectivity index (χ1) is 11.7. The summed E-state index contributed by atoms with van der Waals surface area (Å²) in [6, 6.07) is 10.1. The van der Waals surface area contributed by atoms with Crippen molar-refractivity contribution in [2.75, 3.05) is 20.1 Å². The van der Waals surface area contributed by atoms with Crippen molar-refractivity contribution in [2.24, 2.45) is 0 Å². The number of benzene rings is 1. The van der Waals surface area contributed by atoms with Gasteiger partial charge in [-0.2, -0.15) is 0 Å². The van der Waals surface area contributed by atoms with Gasteiger partial charge in [-0.05, 0) is 31.5 Å². The van der Waals surface area contributed by atoms with Crippen molar-refractivity contribution in [3.8, 4) is 0 Å². The van der Waals surface area contributed by atoms with Crippen LogP contribution in [0.3, 0.4) is 0 Å². The van der Waals surface area contributed by atoms with Crippen molar-refractivity contribution in [2.45, 2.75) is 38.8 Å². The number of amides is 1. The predicted octanol–water partition coefficient (Wildman–Crippen LogP) is 3.33. The topological polar surface area (TPSA) is 36.4 Å². The molecule has 24 heavy (non-hydrogen) atoms. The Labute approximate surface area is 148 Å². The summed E-state index contributed by atoms with van der Waals surface area (Å²) in [6.45, 7) is 3.92. The van der Waals surface area contributed by atoms with Crippen molar-refractivity contribution in [1.29, 1.82) is 0 Å². The summed E-state index contributed by atoms with van der Waals surface area (Å²) in [4.78, 5) is 21.3. The van der Waals surface area contributed by atoms with E-state index in [-0.39, 0.29) is 5.91 Å². The van der Waals surface area contributed by atoms with Crippen LogP contribution in [0, 0.1) is 0 Å². The molecule has 3 rings (SSSR count). The lowest BCUT2D eigenvalue weighted by Gasteiger charge is -2.25. The van der Waals surface area contributed by atoms with Gasteiger partial charge in [0.1, 0.15) is 5.01 Å². The fraction of sp³-hybridized carbons (Fsp3) is 0.474. The molecule has 2 aromatic rings. The molecule has 1 aliphatic rings. The van der Waals surface area contributed by atoms with Gasteiger partial charge in [0, 0.05) is 19.0 Å². The number of thiazole rings is 1. The standard InChI is InChI=1S/C19H25N3OS/c1-21(13-16-8-4-2-5-9-16)19(23)12-17-15-24-18(20-17)14-22-10-6-3-7-11-22/h2,4-5,8-9,15H,3,6-7,10-14H2,1H3. The van der Waals surface area contributed by atoms with Crippen LogP contribution in [0.2, 0.25) is 0 Å². The van der Waals surface area contributed by atoms with Gasteiger partial charge in [-0.25, -0.2) is 4.98 Å². The second-order valence-corrected chi connectivity index (χ2v) is 7.42. The lowest BCUT2D eigenvalue weighted by molar-refractivity contribution is -0.129. The molecule has 4 nitrogen and oxygen atoms in total. The Balaban J connectivity index is 1.51. The van der Waals surface area contributed by atoms with Gasteiger partial charge in [0.25, 0.3) is 0 Å². The summed E-state index contributed by atoms with van der Waals surface area (Å²) >= 11 is 1.68. The average molecular weight is 343 g/mol. The Morgan fingerprint density at radius 2 is 1.96 bits per heavy atom. The molecule has 1 aromatic carbocycles. The van der Waals surface area contributed by atoms with Crippen LogP contribution >= 0.6 is 11.3 Å². The number of hydrogen-bond acceptors (Lipinski definition) is 4. The van der Waals surface area contributed by atoms with Gasteiger partial charge in [0.05, 0.1) is 18.7 Å². The summed E-state index contributed by atoms with van der Waals surface area (Å²) in [5, 5.41) is 3.17. The van der Waals surface area contributed by atoms with Crippen molar-refractivity contribution in [3.63, 3.8) is 0 Å². The van der Waals surface area contributed by atoms with Gasteiger partial charge in [0.15, 0.2) is 0 Å². The first kappa shape index (κ1) is 17.1. The molecular weight excluding hydrogens is 318 g/mol. The molecule has 5 heteroatoms. The maximum atomic E-state index is 12.4. The van der Waals surface area contributed by atoms with E-state index in [1.165, 1.54) is 32.4 Å². The molecule has 1 saturated heterocycles. The van der Waals surface area contributed by atoms with Gasteiger partial charge in [-0.15, -0.1) is 11.3 Å². The van der Waals surface area contributed by atoms with Gasteiger partial charge >= 0.3 is 0 Å². The molecule has 1 aliphatic heterocycles. The molecule has 128 valence electrons. The van der Waals surface area contributed by atoms with Crippen molar-refractivity contribution < 1.29 is 4.79 Å². The first-order valence-corrected chi connectivity index (χ1v) is 9.52. The van der Waals surface area contributed by atoms with E-state index in [4.69, 9.17) is 0 Å². The van der Waals surface area contributed by atoms with Gasteiger partial charge < -0.3 is 4.90 Å². The minimum atomic E-state index is 0.119. The molecule has 0 unspecified atom stereocenters. The Kier molecular flexibility index (Phi) is 5.99. The highest BCUT2D eigenvalue weighted by Crippen LogP contribution is 2.17. The van der Waals surface area contributed by atoms with Crippen LogP contribution in [0.25, 0.3) is 0 Å². The van der Waals surface area contributed by atoms with E-state index in [0.717, 1.165) is 22.8 Å². The normalized spacial score (nSPS) is 15.4. The third-order valence-electron chi connectivity index (χ3n) is 4.43. The first-order valence-electron chi connectivity index (χ1n) is 8.64. The molecule has 0 N–H and O–H groups in total. The van der Waals surface area contributed by atoms with Gasteiger partial charge in [0.2, 0.25) is 5.91 Å². The highest BCUT2D eigenvalue weighted by molar-refractivity contribution is 7.09. The Hall–Kier alpha value is -1.72. The maximum absolute atomic E-state index is 12.4. The Morgan fingerprint density at radius 1 is 1.21 bits per heavy atom. The Bertz CT molecular complexity index is 650. The maximum Gasteiger partial charge on any atom is 0.228 e. The van der Waals surface area contributed by atoms with Crippen LogP contribution in [0.5, 0.6) is 0 Å². The number of piperidine rings is 1.